The lowest BCUT2D eigenvalue weighted by molar-refractivity contribution is 0.0982. The van der Waals surface area contributed by atoms with Crippen molar-refractivity contribution in [2.24, 2.45) is 0 Å². The van der Waals surface area contributed by atoms with Crippen molar-refractivity contribution in [3.8, 4) is 6.07 Å². The number of rotatable bonds is 4. The number of ketones is 1. The first-order valence-corrected chi connectivity index (χ1v) is 7.59. The molecule has 6 heteroatoms. The Bertz CT molecular complexity index is 636. The summed E-state index contributed by atoms with van der Waals surface area (Å²) >= 11 is 2.65. The van der Waals surface area contributed by atoms with Crippen LogP contribution < -0.4 is 0 Å². The molecule has 0 spiro atoms. The summed E-state index contributed by atoms with van der Waals surface area (Å²) in [5.74, 6) is -0.728. The fourth-order valence-corrected chi connectivity index (χ4v) is 3.39. The van der Waals surface area contributed by atoms with E-state index in [1.165, 1.54) is 22.7 Å². The second-order valence-electron chi connectivity index (χ2n) is 4.46. The third-order valence-corrected chi connectivity index (χ3v) is 4.61. The number of Topliss-reactive ketones (excluding diaryl/α,β-unsaturated/α-hetero) is 1. The van der Waals surface area contributed by atoms with E-state index in [-0.39, 0.29) is 5.78 Å². The lowest BCUT2D eigenvalue weighted by Crippen LogP contribution is -2.11. The summed E-state index contributed by atoms with van der Waals surface area (Å²) in [6, 6.07) is 2.06. The average molecular weight is 291 g/mol. The number of carbonyl (C=O) groups excluding carboxylic acids is 1. The van der Waals surface area contributed by atoms with Crippen LogP contribution in [0.5, 0.6) is 0 Å². The second kappa shape index (κ2) is 5.59. The van der Waals surface area contributed by atoms with E-state index in [0.717, 1.165) is 5.69 Å². The van der Waals surface area contributed by atoms with Crippen LogP contribution in [-0.4, -0.2) is 15.8 Å². The summed E-state index contributed by atoms with van der Waals surface area (Å²) in [6.07, 6.45) is 0. The van der Waals surface area contributed by atoms with Gasteiger partial charge >= 0.3 is 0 Å². The Kier molecular flexibility index (Phi) is 4.08. The van der Waals surface area contributed by atoms with Gasteiger partial charge in [-0.2, -0.15) is 5.26 Å². The van der Waals surface area contributed by atoms with Gasteiger partial charge in [0.2, 0.25) is 0 Å². The van der Waals surface area contributed by atoms with E-state index in [1.54, 1.807) is 12.4 Å². The SMILES string of the molecule is Cc1ncsc1C(=O)[C@H](C#N)c1nc(C(C)C)cs1. The number of hydrogen-bond donors (Lipinski definition) is 0. The molecule has 0 amide bonds. The van der Waals surface area contributed by atoms with Crippen molar-refractivity contribution in [1.82, 2.24) is 9.97 Å². The van der Waals surface area contributed by atoms with Crippen LogP contribution in [0.4, 0.5) is 0 Å². The molecule has 0 aliphatic rings. The van der Waals surface area contributed by atoms with Crippen LogP contribution in [0.2, 0.25) is 0 Å². The number of hydrogen-bond acceptors (Lipinski definition) is 6. The molecular formula is C13H13N3OS2. The minimum absolute atomic E-state index is 0.202. The van der Waals surface area contributed by atoms with Crippen LogP contribution in [0.1, 0.15) is 51.8 Å². The molecular weight excluding hydrogens is 278 g/mol. The topological polar surface area (TPSA) is 66.6 Å². The molecule has 4 nitrogen and oxygen atoms in total. The predicted octanol–water partition coefficient (Wildman–Crippen LogP) is 3.52. The van der Waals surface area contributed by atoms with E-state index in [4.69, 9.17) is 0 Å². The average Bonchev–Trinajstić information content (AvgIpc) is 2.99. The largest absolute Gasteiger partial charge is 0.291 e. The first kappa shape index (κ1) is 13.8. The number of aryl methyl sites for hydroxylation is 1. The van der Waals surface area contributed by atoms with E-state index in [0.29, 0.717) is 21.5 Å². The highest BCUT2D eigenvalue weighted by atomic mass is 32.1. The fraction of sp³-hybridized carbons (Fsp3) is 0.385. The van der Waals surface area contributed by atoms with Gasteiger partial charge < -0.3 is 0 Å². The summed E-state index contributed by atoms with van der Waals surface area (Å²) in [4.78, 5) is 21.4. The van der Waals surface area contributed by atoms with Crippen molar-refractivity contribution in [3.63, 3.8) is 0 Å². The van der Waals surface area contributed by atoms with Crippen molar-refractivity contribution in [2.75, 3.05) is 0 Å². The summed E-state index contributed by atoms with van der Waals surface area (Å²) in [7, 11) is 0. The molecule has 0 aromatic carbocycles. The molecule has 0 fully saturated rings. The van der Waals surface area contributed by atoms with Crippen LogP contribution >= 0.6 is 22.7 Å². The van der Waals surface area contributed by atoms with Gasteiger partial charge in [0.15, 0.2) is 11.7 Å². The number of thiazole rings is 2. The number of nitriles is 1. The Morgan fingerprint density at radius 2 is 2.16 bits per heavy atom. The molecule has 0 bridgehead atoms. The minimum Gasteiger partial charge on any atom is -0.291 e. The molecule has 0 N–H and O–H groups in total. The number of carbonyl (C=O) groups is 1. The molecule has 2 aromatic heterocycles. The number of aromatic nitrogens is 2. The molecule has 2 rings (SSSR count). The highest BCUT2D eigenvalue weighted by molar-refractivity contribution is 7.12. The zero-order valence-corrected chi connectivity index (χ0v) is 12.5. The van der Waals surface area contributed by atoms with Crippen LogP contribution in [-0.2, 0) is 0 Å². The van der Waals surface area contributed by atoms with Crippen molar-refractivity contribution in [2.45, 2.75) is 32.6 Å². The highest BCUT2D eigenvalue weighted by Crippen LogP contribution is 2.28. The van der Waals surface area contributed by atoms with Gasteiger partial charge in [-0.1, -0.05) is 13.8 Å². The normalized spacial score (nSPS) is 12.4. The van der Waals surface area contributed by atoms with Gasteiger partial charge in [-0.15, -0.1) is 22.7 Å². The van der Waals surface area contributed by atoms with Gasteiger partial charge in [-0.3, -0.25) is 4.79 Å². The highest BCUT2D eigenvalue weighted by Gasteiger charge is 2.27. The maximum atomic E-state index is 12.4. The van der Waals surface area contributed by atoms with E-state index in [9.17, 15) is 10.1 Å². The van der Waals surface area contributed by atoms with Gasteiger partial charge in [-0.05, 0) is 12.8 Å². The maximum Gasteiger partial charge on any atom is 0.198 e. The fourth-order valence-electron chi connectivity index (χ4n) is 1.59. The molecule has 2 heterocycles. The Hall–Kier alpha value is -1.58. The van der Waals surface area contributed by atoms with Crippen LogP contribution in [0.25, 0.3) is 0 Å². The van der Waals surface area contributed by atoms with Crippen molar-refractivity contribution in [1.29, 1.82) is 5.26 Å². The number of nitrogens with zero attached hydrogens (tertiary/aromatic N) is 3. The van der Waals surface area contributed by atoms with Crippen molar-refractivity contribution in [3.05, 3.63) is 32.2 Å². The summed E-state index contributed by atoms with van der Waals surface area (Å²) in [6.45, 7) is 5.85. The summed E-state index contributed by atoms with van der Waals surface area (Å²) in [5.41, 5.74) is 3.23. The Morgan fingerprint density at radius 3 is 2.63 bits per heavy atom. The lowest BCUT2D eigenvalue weighted by Gasteiger charge is -2.04. The first-order valence-electron chi connectivity index (χ1n) is 5.83. The molecule has 0 unspecified atom stereocenters. The van der Waals surface area contributed by atoms with E-state index < -0.39 is 5.92 Å². The molecule has 98 valence electrons. The third kappa shape index (κ3) is 2.72. The Labute approximate surface area is 119 Å². The monoisotopic (exact) mass is 291 g/mol. The minimum atomic E-state index is -0.823. The summed E-state index contributed by atoms with van der Waals surface area (Å²) in [5, 5.41) is 11.8. The molecule has 0 saturated carbocycles. The van der Waals surface area contributed by atoms with E-state index in [2.05, 4.69) is 16.0 Å². The van der Waals surface area contributed by atoms with Crippen molar-refractivity contribution >= 4 is 28.5 Å². The standard InChI is InChI=1S/C13H13N3OS2/c1-7(2)10-5-18-13(16-10)9(4-14)11(17)12-8(3)15-6-19-12/h5-7,9H,1-3H3/t9-/m0/s1. The van der Waals surface area contributed by atoms with Gasteiger partial charge in [0.05, 0.1) is 27.8 Å². The van der Waals surface area contributed by atoms with Gasteiger partial charge in [0.25, 0.3) is 0 Å². The molecule has 0 aliphatic carbocycles. The zero-order chi connectivity index (χ0) is 14.0. The first-order chi connectivity index (χ1) is 9.04. The van der Waals surface area contributed by atoms with Crippen LogP contribution in [0.15, 0.2) is 10.9 Å². The van der Waals surface area contributed by atoms with Crippen molar-refractivity contribution < 1.29 is 4.79 Å². The van der Waals surface area contributed by atoms with Crippen LogP contribution in [0.3, 0.4) is 0 Å². The smallest absolute Gasteiger partial charge is 0.198 e. The Morgan fingerprint density at radius 1 is 1.42 bits per heavy atom. The molecule has 0 saturated heterocycles. The quantitative estimate of drug-likeness (QED) is 0.808. The molecule has 1 atom stereocenters. The van der Waals surface area contributed by atoms with Gasteiger partial charge in [0, 0.05) is 5.38 Å². The molecule has 0 aliphatic heterocycles. The maximum absolute atomic E-state index is 12.4. The van der Waals surface area contributed by atoms with E-state index >= 15 is 0 Å². The third-order valence-electron chi connectivity index (χ3n) is 2.74. The van der Waals surface area contributed by atoms with Gasteiger partial charge in [0.1, 0.15) is 5.01 Å². The summed E-state index contributed by atoms with van der Waals surface area (Å²) < 4.78 is 0. The van der Waals surface area contributed by atoms with Gasteiger partial charge in [-0.25, -0.2) is 9.97 Å². The predicted molar refractivity (Wildman–Crippen MR) is 75.7 cm³/mol. The van der Waals surface area contributed by atoms with Crippen LogP contribution in [0, 0.1) is 18.3 Å². The molecule has 2 aromatic rings. The zero-order valence-electron chi connectivity index (χ0n) is 10.9. The second-order valence-corrected chi connectivity index (χ2v) is 6.20. The lowest BCUT2D eigenvalue weighted by atomic mass is 10.0. The molecule has 19 heavy (non-hydrogen) atoms. The Balaban J connectivity index is 2.32. The van der Waals surface area contributed by atoms with E-state index in [1.807, 2.05) is 19.2 Å². The molecule has 0 radical (unpaired) electrons.